The molecule has 1 aliphatic carbocycles. The van der Waals surface area contributed by atoms with Gasteiger partial charge in [0.25, 0.3) is 0 Å². The molecule has 2 aromatic carbocycles. The number of hydrogen-bond acceptors (Lipinski definition) is 4. The maximum absolute atomic E-state index is 13.6. The molecule has 0 N–H and O–H groups in total. The summed E-state index contributed by atoms with van der Waals surface area (Å²) in [6, 6.07) is 10.7. The van der Waals surface area contributed by atoms with Gasteiger partial charge in [-0.15, -0.1) is 0 Å². The van der Waals surface area contributed by atoms with E-state index in [0.29, 0.717) is 6.42 Å². The SMILES string of the molecule is CC1(C)CC(=O)C2=C(C1)N1CCc3cc4c(cc3C1=C[C@@H]2c1ccc(F)cc1)OCO4. The third-order valence-corrected chi connectivity index (χ3v) is 6.86. The van der Waals surface area contributed by atoms with Crippen molar-refractivity contribution in [3.8, 4) is 11.5 Å². The molecule has 0 radical (unpaired) electrons. The van der Waals surface area contributed by atoms with Crippen molar-refractivity contribution in [2.45, 2.75) is 39.0 Å². The summed E-state index contributed by atoms with van der Waals surface area (Å²) in [5, 5.41) is 0. The molecule has 0 unspecified atom stereocenters. The lowest BCUT2D eigenvalue weighted by molar-refractivity contribution is -0.118. The maximum atomic E-state index is 13.6. The van der Waals surface area contributed by atoms with Gasteiger partial charge < -0.3 is 14.4 Å². The Labute approximate surface area is 181 Å². The minimum Gasteiger partial charge on any atom is -0.454 e. The van der Waals surface area contributed by atoms with E-state index in [9.17, 15) is 9.18 Å². The Morgan fingerprint density at radius 1 is 1.06 bits per heavy atom. The van der Waals surface area contributed by atoms with Crippen LogP contribution in [0.5, 0.6) is 11.5 Å². The van der Waals surface area contributed by atoms with Crippen LogP contribution in [0.4, 0.5) is 4.39 Å². The fourth-order valence-electron chi connectivity index (χ4n) is 5.46. The topological polar surface area (TPSA) is 38.8 Å². The number of hydrogen-bond donors (Lipinski definition) is 0. The lowest BCUT2D eigenvalue weighted by Gasteiger charge is -2.46. The van der Waals surface area contributed by atoms with Crippen LogP contribution in [0, 0.1) is 11.2 Å². The Morgan fingerprint density at radius 2 is 1.81 bits per heavy atom. The number of nitrogens with zero attached hydrogens (tertiary/aromatic N) is 1. The quantitative estimate of drug-likeness (QED) is 0.640. The van der Waals surface area contributed by atoms with Gasteiger partial charge in [0.2, 0.25) is 6.79 Å². The minimum atomic E-state index is -0.269. The average Bonchev–Trinajstić information content (AvgIpc) is 3.18. The van der Waals surface area contributed by atoms with E-state index >= 15 is 0 Å². The molecule has 0 saturated heterocycles. The van der Waals surface area contributed by atoms with Crippen molar-refractivity contribution in [1.82, 2.24) is 4.90 Å². The molecule has 5 heteroatoms. The highest BCUT2D eigenvalue weighted by Crippen LogP contribution is 2.51. The number of ether oxygens (including phenoxy) is 2. The first-order valence-electron chi connectivity index (χ1n) is 10.8. The highest BCUT2D eigenvalue weighted by molar-refractivity contribution is 6.01. The molecule has 0 saturated carbocycles. The predicted octanol–water partition coefficient (Wildman–Crippen LogP) is 5.19. The van der Waals surface area contributed by atoms with Crippen LogP contribution in [0.3, 0.4) is 0 Å². The van der Waals surface area contributed by atoms with Gasteiger partial charge in [-0.2, -0.15) is 0 Å². The van der Waals surface area contributed by atoms with Crippen LogP contribution in [0.15, 0.2) is 53.7 Å². The molecule has 3 heterocycles. The molecule has 2 aromatic rings. The van der Waals surface area contributed by atoms with E-state index in [1.165, 1.54) is 17.7 Å². The van der Waals surface area contributed by atoms with E-state index in [-0.39, 0.29) is 29.7 Å². The van der Waals surface area contributed by atoms with Crippen LogP contribution in [0.1, 0.15) is 49.3 Å². The molecule has 31 heavy (non-hydrogen) atoms. The second-order valence-corrected chi connectivity index (χ2v) is 9.65. The number of Topliss-reactive ketones (excluding diaryl/α,β-unsaturated/α-hetero) is 1. The fourth-order valence-corrected chi connectivity index (χ4v) is 5.46. The van der Waals surface area contributed by atoms with Gasteiger partial charge in [-0.1, -0.05) is 26.0 Å². The van der Waals surface area contributed by atoms with Gasteiger partial charge in [-0.25, -0.2) is 4.39 Å². The first-order valence-corrected chi connectivity index (χ1v) is 10.8. The Balaban J connectivity index is 1.55. The van der Waals surface area contributed by atoms with E-state index in [1.807, 2.05) is 0 Å². The molecule has 0 fully saturated rings. The van der Waals surface area contributed by atoms with E-state index in [0.717, 1.165) is 59.0 Å². The van der Waals surface area contributed by atoms with Gasteiger partial charge in [-0.05, 0) is 59.7 Å². The summed E-state index contributed by atoms with van der Waals surface area (Å²) < 4.78 is 24.9. The molecule has 0 amide bonds. The van der Waals surface area contributed by atoms with E-state index < -0.39 is 0 Å². The maximum Gasteiger partial charge on any atom is 0.231 e. The van der Waals surface area contributed by atoms with E-state index in [2.05, 4.69) is 37.0 Å². The molecule has 3 aliphatic heterocycles. The molecule has 4 aliphatic rings. The second-order valence-electron chi connectivity index (χ2n) is 9.65. The summed E-state index contributed by atoms with van der Waals surface area (Å²) in [6.45, 7) is 5.40. The molecule has 1 atom stereocenters. The lowest BCUT2D eigenvalue weighted by atomic mass is 9.69. The van der Waals surface area contributed by atoms with Crippen LogP contribution >= 0.6 is 0 Å². The summed E-state index contributed by atoms with van der Waals surface area (Å²) in [7, 11) is 0. The van der Waals surface area contributed by atoms with Crippen molar-refractivity contribution in [2.24, 2.45) is 5.41 Å². The number of fused-ring (bicyclic) bond motifs is 5. The van der Waals surface area contributed by atoms with Gasteiger partial charge in [0, 0.05) is 41.4 Å². The summed E-state index contributed by atoms with van der Waals surface area (Å²) in [6.07, 6.45) is 4.46. The van der Waals surface area contributed by atoms with Gasteiger partial charge in [0.1, 0.15) is 5.82 Å². The van der Waals surface area contributed by atoms with Crippen molar-refractivity contribution >= 4 is 11.5 Å². The first-order chi connectivity index (χ1) is 14.9. The predicted molar refractivity (Wildman–Crippen MR) is 115 cm³/mol. The molecule has 4 nitrogen and oxygen atoms in total. The standard InChI is InChI=1S/C26H24FNO3/c1-26(2)12-21-25(22(29)13-26)19(15-3-5-17(27)6-4-15)10-20-18-11-24-23(30-14-31-24)9-16(18)7-8-28(20)21/h3-6,9-11,19H,7-8,12-14H2,1-2H3/t19-/m1/s1. The molecule has 0 aromatic heterocycles. The largest absolute Gasteiger partial charge is 0.454 e. The fraction of sp³-hybridized carbons (Fsp3) is 0.346. The minimum absolute atomic E-state index is 0.0825. The molecule has 0 spiro atoms. The van der Waals surface area contributed by atoms with Crippen LogP contribution in [-0.2, 0) is 11.2 Å². The summed E-state index contributed by atoms with van der Waals surface area (Å²) in [5.74, 6) is 1.32. The van der Waals surface area contributed by atoms with E-state index in [4.69, 9.17) is 9.47 Å². The number of carbonyl (C=O) groups is 1. The molecular formula is C26H24FNO3. The number of benzene rings is 2. The van der Waals surface area contributed by atoms with Crippen LogP contribution in [0.25, 0.3) is 5.70 Å². The number of allylic oxidation sites excluding steroid dienone is 3. The smallest absolute Gasteiger partial charge is 0.231 e. The molecule has 6 rings (SSSR count). The molecule has 158 valence electrons. The summed E-state index contributed by atoms with van der Waals surface area (Å²) in [4.78, 5) is 15.7. The Hall–Kier alpha value is -3.08. The number of rotatable bonds is 1. The zero-order valence-corrected chi connectivity index (χ0v) is 17.7. The van der Waals surface area contributed by atoms with Gasteiger partial charge in [0.05, 0.1) is 0 Å². The highest BCUT2D eigenvalue weighted by Gasteiger charge is 2.42. The average molecular weight is 417 g/mol. The van der Waals surface area contributed by atoms with Crippen LogP contribution < -0.4 is 9.47 Å². The third-order valence-electron chi connectivity index (χ3n) is 6.86. The summed E-state index contributed by atoms with van der Waals surface area (Å²) in [5.41, 5.74) is 6.33. The van der Waals surface area contributed by atoms with Crippen molar-refractivity contribution in [3.63, 3.8) is 0 Å². The van der Waals surface area contributed by atoms with Gasteiger partial charge in [0.15, 0.2) is 17.3 Å². The Morgan fingerprint density at radius 3 is 2.58 bits per heavy atom. The first kappa shape index (κ1) is 18.7. The lowest BCUT2D eigenvalue weighted by Crippen LogP contribution is -2.40. The monoisotopic (exact) mass is 417 g/mol. The van der Waals surface area contributed by atoms with Gasteiger partial charge >= 0.3 is 0 Å². The zero-order chi connectivity index (χ0) is 21.3. The third kappa shape index (κ3) is 2.90. The zero-order valence-electron chi connectivity index (χ0n) is 17.7. The normalized spacial score (nSPS) is 23.2. The van der Waals surface area contributed by atoms with Crippen LogP contribution in [0.2, 0.25) is 0 Å². The van der Waals surface area contributed by atoms with Crippen molar-refractivity contribution in [1.29, 1.82) is 0 Å². The highest BCUT2D eigenvalue weighted by atomic mass is 19.1. The molecule has 0 bridgehead atoms. The summed E-state index contributed by atoms with van der Waals surface area (Å²) >= 11 is 0. The van der Waals surface area contributed by atoms with Crippen LogP contribution in [-0.4, -0.2) is 24.0 Å². The number of ketones is 1. The van der Waals surface area contributed by atoms with E-state index in [1.54, 1.807) is 12.1 Å². The number of halogens is 1. The van der Waals surface area contributed by atoms with Crippen molar-refractivity contribution in [2.75, 3.05) is 13.3 Å². The van der Waals surface area contributed by atoms with Crippen molar-refractivity contribution < 1.29 is 18.7 Å². The second kappa shape index (κ2) is 6.46. The van der Waals surface area contributed by atoms with Crippen molar-refractivity contribution in [3.05, 3.63) is 76.3 Å². The number of carbonyl (C=O) groups excluding carboxylic acids is 1. The molecular weight excluding hydrogens is 393 g/mol. The Kier molecular flexibility index (Phi) is 3.89. The van der Waals surface area contributed by atoms with Gasteiger partial charge in [-0.3, -0.25) is 4.79 Å². The Bertz CT molecular complexity index is 1180.